The number of hydrogen-bond donors (Lipinski definition) is 2. The van der Waals surface area contributed by atoms with Gasteiger partial charge in [0.1, 0.15) is 6.10 Å². The highest BCUT2D eigenvalue weighted by molar-refractivity contribution is 14.1. The van der Waals surface area contributed by atoms with Crippen LogP contribution >= 0.6 is 49.9 Å². The molecule has 0 aliphatic heterocycles. The van der Waals surface area contributed by atoms with Gasteiger partial charge in [-0.1, -0.05) is 6.07 Å². The van der Waals surface area contributed by atoms with Gasteiger partial charge >= 0.3 is 0 Å². The lowest BCUT2D eigenvalue weighted by atomic mass is 10.2. The second-order valence-corrected chi connectivity index (χ2v) is 6.54. The van der Waals surface area contributed by atoms with Crippen LogP contribution in [0.2, 0.25) is 0 Å². The molecule has 0 radical (unpaired) electrons. The minimum absolute atomic E-state index is 0.451. The average Bonchev–Trinajstić information content (AvgIpc) is 2.84. The zero-order valence-corrected chi connectivity index (χ0v) is 13.4. The summed E-state index contributed by atoms with van der Waals surface area (Å²) in [5, 5.41) is 15.1. The van der Waals surface area contributed by atoms with Crippen molar-refractivity contribution < 1.29 is 5.11 Å². The van der Waals surface area contributed by atoms with Gasteiger partial charge in [0.25, 0.3) is 0 Å². The van der Waals surface area contributed by atoms with Crippen LogP contribution in [0, 0.1) is 3.57 Å². The Kier molecular flexibility index (Phi) is 4.84. The van der Waals surface area contributed by atoms with Crippen LogP contribution in [0.25, 0.3) is 0 Å². The molecule has 1 atom stereocenters. The Morgan fingerprint density at radius 1 is 1.41 bits per heavy atom. The van der Waals surface area contributed by atoms with Crippen molar-refractivity contribution in [2.45, 2.75) is 6.10 Å². The molecular formula is C12H11BrINOS. The van der Waals surface area contributed by atoms with Gasteiger partial charge in [0.2, 0.25) is 0 Å². The van der Waals surface area contributed by atoms with E-state index in [1.165, 1.54) is 3.57 Å². The number of halogens is 2. The van der Waals surface area contributed by atoms with E-state index in [-0.39, 0.29) is 0 Å². The van der Waals surface area contributed by atoms with Crippen LogP contribution in [0.15, 0.2) is 40.2 Å². The normalized spacial score (nSPS) is 12.4. The Balaban J connectivity index is 1.96. The Hall–Kier alpha value is -0.110. The average molecular weight is 424 g/mol. The van der Waals surface area contributed by atoms with E-state index in [2.05, 4.69) is 43.8 Å². The fraction of sp³-hybridized carbons (Fsp3) is 0.167. The van der Waals surface area contributed by atoms with E-state index in [0.717, 1.165) is 15.0 Å². The molecule has 0 aliphatic rings. The largest absolute Gasteiger partial charge is 0.386 e. The zero-order chi connectivity index (χ0) is 12.3. The van der Waals surface area contributed by atoms with Crippen LogP contribution in [-0.4, -0.2) is 11.7 Å². The molecule has 2 rings (SSSR count). The lowest BCUT2D eigenvalue weighted by Crippen LogP contribution is -2.10. The van der Waals surface area contributed by atoms with Gasteiger partial charge in [-0.05, 0) is 68.2 Å². The lowest BCUT2D eigenvalue weighted by molar-refractivity contribution is 0.195. The van der Waals surface area contributed by atoms with E-state index in [1.54, 1.807) is 11.3 Å². The maximum atomic E-state index is 9.93. The summed E-state index contributed by atoms with van der Waals surface area (Å²) in [6.07, 6.45) is -0.451. The summed E-state index contributed by atoms with van der Waals surface area (Å²) in [5.41, 5.74) is 1.01. The van der Waals surface area contributed by atoms with Crippen molar-refractivity contribution in [3.8, 4) is 0 Å². The molecule has 0 saturated carbocycles. The molecule has 0 fully saturated rings. The predicted molar refractivity (Wildman–Crippen MR) is 84.6 cm³/mol. The molecule has 1 unspecified atom stereocenters. The fourth-order valence-corrected chi connectivity index (χ4v) is 2.83. The molecule has 1 aromatic carbocycles. The number of anilines is 1. The zero-order valence-electron chi connectivity index (χ0n) is 8.86. The molecule has 1 heterocycles. The molecule has 5 heteroatoms. The first kappa shape index (κ1) is 13.3. The molecule has 0 bridgehead atoms. The number of benzene rings is 1. The summed E-state index contributed by atoms with van der Waals surface area (Å²) in [5.74, 6) is 0. The third-order valence-electron chi connectivity index (χ3n) is 2.29. The fourth-order valence-electron chi connectivity index (χ4n) is 1.40. The molecule has 90 valence electrons. The Bertz CT molecular complexity index is 489. The first-order chi connectivity index (χ1) is 8.16. The van der Waals surface area contributed by atoms with Gasteiger partial charge in [-0.3, -0.25) is 0 Å². The quantitative estimate of drug-likeness (QED) is 0.720. The summed E-state index contributed by atoms with van der Waals surface area (Å²) in [6, 6.07) is 9.95. The maximum absolute atomic E-state index is 9.93. The van der Waals surface area contributed by atoms with Crippen LogP contribution in [0.5, 0.6) is 0 Å². The standard InChI is InChI=1S/C12H11BrINOS/c13-9-6-8(3-4-10(9)14)15-7-11(16)12-2-1-5-17-12/h1-6,11,15-16H,7H2. The van der Waals surface area contributed by atoms with Crippen LogP contribution < -0.4 is 5.32 Å². The van der Waals surface area contributed by atoms with Crippen molar-refractivity contribution in [1.82, 2.24) is 0 Å². The molecule has 2 nitrogen and oxygen atoms in total. The van der Waals surface area contributed by atoms with Crippen molar-refractivity contribution in [2.75, 3.05) is 11.9 Å². The second kappa shape index (κ2) is 6.17. The predicted octanol–water partition coefficient (Wildman–Crippen LogP) is 4.26. The number of nitrogens with one attached hydrogen (secondary N) is 1. The minimum Gasteiger partial charge on any atom is -0.386 e. The molecular weight excluding hydrogens is 413 g/mol. The Morgan fingerprint density at radius 2 is 2.24 bits per heavy atom. The van der Waals surface area contributed by atoms with E-state index < -0.39 is 6.10 Å². The number of rotatable bonds is 4. The lowest BCUT2D eigenvalue weighted by Gasteiger charge is -2.11. The Morgan fingerprint density at radius 3 is 2.88 bits per heavy atom. The molecule has 1 aromatic heterocycles. The van der Waals surface area contributed by atoms with Gasteiger partial charge in [0, 0.05) is 25.2 Å². The van der Waals surface area contributed by atoms with Crippen molar-refractivity contribution >= 4 is 55.5 Å². The van der Waals surface area contributed by atoms with Gasteiger partial charge in [-0.15, -0.1) is 11.3 Å². The minimum atomic E-state index is -0.451. The number of hydrogen-bond acceptors (Lipinski definition) is 3. The third kappa shape index (κ3) is 3.67. The van der Waals surface area contributed by atoms with E-state index in [1.807, 2.05) is 35.7 Å². The van der Waals surface area contributed by atoms with Gasteiger partial charge < -0.3 is 10.4 Å². The van der Waals surface area contributed by atoms with Crippen molar-refractivity contribution in [2.24, 2.45) is 0 Å². The number of aliphatic hydroxyl groups excluding tert-OH is 1. The van der Waals surface area contributed by atoms with E-state index in [0.29, 0.717) is 6.54 Å². The van der Waals surface area contributed by atoms with E-state index in [9.17, 15) is 5.11 Å². The highest BCUT2D eigenvalue weighted by Gasteiger charge is 2.08. The van der Waals surface area contributed by atoms with E-state index in [4.69, 9.17) is 0 Å². The van der Waals surface area contributed by atoms with Crippen LogP contribution in [0.3, 0.4) is 0 Å². The van der Waals surface area contributed by atoms with Crippen molar-refractivity contribution in [1.29, 1.82) is 0 Å². The molecule has 0 saturated heterocycles. The van der Waals surface area contributed by atoms with Gasteiger partial charge in [0.05, 0.1) is 0 Å². The van der Waals surface area contributed by atoms with Crippen LogP contribution in [0.1, 0.15) is 11.0 Å². The smallest absolute Gasteiger partial charge is 0.105 e. The highest BCUT2D eigenvalue weighted by Crippen LogP contribution is 2.24. The monoisotopic (exact) mass is 423 g/mol. The van der Waals surface area contributed by atoms with Crippen LogP contribution in [-0.2, 0) is 0 Å². The molecule has 0 spiro atoms. The Labute approximate surface area is 126 Å². The second-order valence-electron chi connectivity index (χ2n) is 3.54. The summed E-state index contributed by atoms with van der Waals surface area (Å²) < 4.78 is 2.24. The summed E-state index contributed by atoms with van der Waals surface area (Å²) in [6.45, 7) is 0.521. The number of thiophene rings is 1. The highest BCUT2D eigenvalue weighted by atomic mass is 127. The van der Waals surface area contributed by atoms with Crippen molar-refractivity contribution in [3.63, 3.8) is 0 Å². The summed E-state index contributed by atoms with van der Waals surface area (Å²) in [4.78, 5) is 0.988. The first-order valence-electron chi connectivity index (χ1n) is 5.07. The maximum Gasteiger partial charge on any atom is 0.105 e. The molecule has 0 aliphatic carbocycles. The van der Waals surface area contributed by atoms with Gasteiger partial charge in [-0.25, -0.2) is 0 Å². The first-order valence-corrected chi connectivity index (χ1v) is 7.82. The SMILES string of the molecule is OC(CNc1ccc(I)c(Br)c1)c1cccs1. The molecule has 2 N–H and O–H groups in total. The molecule has 17 heavy (non-hydrogen) atoms. The van der Waals surface area contributed by atoms with Gasteiger partial charge in [-0.2, -0.15) is 0 Å². The molecule has 2 aromatic rings. The number of aliphatic hydroxyl groups is 1. The summed E-state index contributed by atoms with van der Waals surface area (Å²) in [7, 11) is 0. The topological polar surface area (TPSA) is 32.3 Å². The third-order valence-corrected chi connectivity index (χ3v) is 5.60. The van der Waals surface area contributed by atoms with Crippen molar-refractivity contribution in [3.05, 3.63) is 48.6 Å². The van der Waals surface area contributed by atoms with E-state index >= 15 is 0 Å². The van der Waals surface area contributed by atoms with Crippen LogP contribution in [0.4, 0.5) is 5.69 Å². The van der Waals surface area contributed by atoms with Gasteiger partial charge in [0.15, 0.2) is 0 Å². The summed E-state index contributed by atoms with van der Waals surface area (Å²) >= 11 is 7.32. The molecule has 0 amide bonds.